The predicted molar refractivity (Wildman–Crippen MR) is 44.0 cm³/mol. The summed E-state index contributed by atoms with van der Waals surface area (Å²) in [7, 11) is 0. The van der Waals surface area contributed by atoms with Crippen molar-refractivity contribution in [1.82, 2.24) is 4.98 Å². The van der Waals surface area contributed by atoms with Crippen LogP contribution in [-0.4, -0.2) is 27.1 Å². The van der Waals surface area contributed by atoms with Gasteiger partial charge >= 0.3 is 11.9 Å². The van der Waals surface area contributed by atoms with Gasteiger partial charge in [0.15, 0.2) is 0 Å². The van der Waals surface area contributed by atoms with Gasteiger partial charge in [-0.1, -0.05) is 0 Å². The molecule has 5 nitrogen and oxygen atoms in total. The zero-order valence-electron chi connectivity index (χ0n) is 6.52. The average molecular weight is 181 g/mol. The van der Waals surface area contributed by atoms with Gasteiger partial charge in [0.05, 0.1) is 11.3 Å². The summed E-state index contributed by atoms with van der Waals surface area (Å²) in [6.45, 7) is 0. The molecule has 0 aromatic carbocycles. The van der Waals surface area contributed by atoms with Crippen LogP contribution in [0.25, 0.3) is 5.57 Å². The van der Waals surface area contributed by atoms with E-state index in [2.05, 4.69) is 4.98 Å². The number of hydrogen-bond donors (Lipinski definition) is 3. The van der Waals surface area contributed by atoms with Gasteiger partial charge in [0.1, 0.15) is 0 Å². The summed E-state index contributed by atoms with van der Waals surface area (Å²) >= 11 is 0. The third-order valence-corrected chi connectivity index (χ3v) is 1.39. The molecule has 0 radical (unpaired) electrons. The molecule has 1 rings (SSSR count). The molecule has 1 aromatic rings. The van der Waals surface area contributed by atoms with Crippen LogP contribution in [0.4, 0.5) is 0 Å². The molecule has 0 saturated carbocycles. The number of nitrogens with one attached hydrogen (secondary N) is 1. The number of aromatic nitrogens is 1. The zero-order chi connectivity index (χ0) is 9.84. The summed E-state index contributed by atoms with van der Waals surface area (Å²) in [5.41, 5.74) is 0.00685. The second-order valence-electron chi connectivity index (χ2n) is 2.29. The smallest absolute Gasteiger partial charge is 0.338 e. The van der Waals surface area contributed by atoms with E-state index in [0.717, 1.165) is 0 Å². The Bertz CT molecular complexity index is 350. The number of H-pyrrole nitrogens is 1. The molecule has 0 fully saturated rings. The van der Waals surface area contributed by atoms with E-state index in [-0.39, 0.29) is 11.3 Å². The van der Waals surface area contributed by atoms with E-state index in [1.807, 2.05) is 0 Å². The standard InChI is InChI=1S/C8H7NO4/c10-7(11)4-5(8(12)13)6-2-1-3-9-6/h1-4,9H,(H,10,11)(H,12,13). The molecular weight excluding hydrogens is 174 g/mol. The third-order valence-electron chi connectivity index (χ3n) is 1.39. The maximum atomic E-state index is 10.6. The summed E-state index contributed by atoms with van der Waals surface area (Å²) in [6, 6.07) is 3.08. The van der Waals surface area contributed by atoms with Gasteiger partial charge in [0.2, 0.25) is 0 Å². The van der Waals surface area contributed by atoms with Gasteiger partial charge in [0.25, 0.3) is 0 Å². The number of aliphatic carboxylic acids is 2. The number of hydrogen-bond acceptors (Lipinski definition) is 2. The van der Waals surface area contributed by atoms with Crippen molar-refractivity contribution in [3.8, 4) is 0 Å². The minimum atomic E-state index is -1.29. The van der Waals surface area contributed by atoms with Crippen LogP contribution >= 0.6 is 0 Å². The fourth-order valence-corrected chi connectivity index (χ4v) is 0.876. The van der Waals surface area contributed by atoms with Crippen molar-refractivity contribution in [2.24, 2.45) is 0 Å². The Morgan fingerprint density at radius 1 is 1.38 bits per heavy atom. The molecule has 0 saturated heterocycles. The van der Waals surface area contributed by atoms with Crippen LogP contribution in [0.2, 0.25) is 0 Å². The van der Waals surface area contributed by atoms with E-state index < -0.39 is 11.9 Å². The first-order valence-corrected chi connectivity index (χ1v) is 3.43. The van der Waals surface area contributed by atoms with Gasteiger partial charge in [-0.15, -0.1) is 0 Å². The monoisotopic (exact) mass is 181 g/mol. The molecule has 0 atom stereocenters. The molecule has 5 heteroatoms. The van der Waals surface area contributed by atoms with Crippen LogP contribution < -0.4 is 0 Å². The van der Waals surface area contributed by atoms with E-state index in [9.17, 15) is 9.59 Å². The lowest BCUT2D eigenvalue weighted by Gasteiger charge is -1.96. The zero-order valence-corrected chi connectivity index (χ0v) is 6.52. The van der Waals surface area contributed by atoms with Gasteiger partial charge in [0, 0.05) is 12.3 Å². The van der Waals surface area contributed by atoms with Crippen molar-refractivity contribution >= 4 is 17.5 Å². The SMILES string of the molecule is O=C(O)C=C(C(=O)O)c1ccc[nH]1. The first-order chi connectivity index (χ1) is 6.11. The summed E-state index contributed by atoms with van der Waals surface area (Å²) < 4.78 is 0. The van der Waals surface area contributed by atoms with E-state index in [4.69, 9.17) is 10.2 Å². The Balaban J connectivity index is 3.08. The predicted octanol–water partition coefficient (Wildman–Crippen LogP) is 0.567. The van der Waals surface area contributed by atoms with Gasteiger partial charge in [-0.3, -0.25) is 0 Å². The number of carbonyl (C=O) groups is 2. The van der Waals surface area contributed by atoms with Crippen LogP contribution in [0.1, 0.15) is 5.69 Å². The van der Waals surface area contributed by atoms with E-state index in [1.165, 1.54) is 12.3 Å². The Labute approximate surface area is 73.3 Å². The van der Waals surface area contributed by atoms with Gasteiger partial charge in [-0.05, 0) is 12.1 Å². The number of aromatic amines is 1. The van der Waals surface area contributed by atoms with E-state index in [1.54, 1.807) is 6.07 Å². The first kappa shape index (κ1) is 9.05. The molecule has 0 aliphatic carbocycles. The van der Waals surface area contributed by atoms with Crippen LogP contribution in [0.3, 0.4) is 0 Å². The normalized spacial score (nSPS) is 11.2. The lowest BCUT2D eigenvalue weighted by Crippen LogP contribution is -2.03. The lowest BCUT2D eigenvalue weighted by atomic mass is 10.2. The summed E-state index contributed by atoms with van der Waals surface area (Å²) in [4.78, 5) is 23.4. The first-order valence-electron chi connectivity index (χ1n) is 3.43. The Morgan fingerprint density at radius 2 is 2.08 bits per heavy atom. The summed E-state index contributed by atoms with van der Waals surface area (Å²) in [5.74, 6) is -2.56. The van der Waals surface area contributed by atoms with Crippen molar-refractivity contribution in [2.45, 2.75) is 0 Å². The van der Waals surface area contributed by atoms with Crippen LogP contribution in [0.5, 0.6) is 0 Å². The average Bonchev–Trinajstić information content (AvgIpc) is 2.50. The molecule has 0 spiro atoms. The highest BCUT2D eigenvalue weighted by Crippen LogP contribution is 2.11. The topological polar surface area (TPSA) is 90.4 Å². The molecule has 1 heterocycles. The molecule has 3 N–H and O–H groups in total. The molecule has 0 unspecified atom stereocenters. The van der Waals surface area contributed by atoms with Crippen LogP contribution in [0.15, 0.2) is 24.4 Å². The second kappa shape index (κ2) is 3.57. The molecule has 0 amide bonds. The van der Waals surface area contributed by atoms with Crippen molar-refractivity contribution in [1.29, 1.82) is 0 Å². The highest BCUT2D eigenvalue weighted by molar-refractivity contribution is 6.18. The van der Waals surface area contributed by atoms with E-state index in [0.29, 0.717) is 6.08 Å². The van der Waals surface area contributed by atoms with Gasteiger partial charge in [-0.2, -0.15) is 0 Å². The minimum Gasteiger partial charge on any atom is -0.478 e. The maximum absolute atomic E-state index is 10.6. The molecule has 0 aliphatic rings. The molecular formula is C8H7NO4. The highest BCUT2D eigenvalue weighted by atomic mass is 16.4. The van der Waals surface area contributed by atoms with Crippen LogP contribution in [0, 0.1) is 0 Å². The van der Waals surface area contributed by atoms with E-state index >= 15 is 0 Å². The number of carboxylic acids is 2. The molecule has 0 bridgehead atoms. The molecule has 0 aliphatic heterocycles. The Morgan fingerprint density at radius 3 is 2.46 bits per heavy atom. The largest absolute Gasteiger partial charge is 0.478 e. The Kier molecular flexibility index (Phi) is 2.49. The highest BCUT2D eigenvalue weighted by Gasteiger charge is 2.12. The second-order valence-corrected chi connectivity index (χ2v) is 2.29. The maximum Gasteiger partial charge on any atom is 0.338 e. The van der Waals surface area contributed by atoms with Crippen molar-refractivity contribution in [2.75, 3.05) is 0 Å². The van der Waals surface area contributed by atoms with Crippen molar-refractivity contribution in [3.63, 3.8) is 0 Å². The third kappa shape index (κ3) is 2.19. The van der Waals surface area contributed by atoms with Crippen LogP contribution in [-0.2, 0) is 9.59 Å². The number of rotatable bonds is 3. The lowest BCUT2D eigenvalue weighted by molar-refractivity contribution is -0.133. The van der Waals surface area contributed by atoms with Gasteiger partial charge in [-0.25, -0.2) is 9.59 Å². The molecule has 68 valence electrons. The fourth-order valence-electron chi connectivity index (χ4n) is 0.876. The summed E-state index contributed by atoms with van der Waals surface area (Å²) in [6.07, 6.45) is 2.17. The quantitative estimate of drug-likeness (QED) is 0.594. The molecule has 1 aromatic heterocycles. The van der Waals surface area contributed by atoms with Crippen molar-refractivity contribution < 1.29 is 19.8 Å². The Hall–Kier alpha value is -2.04. The molecule has 13 heavy (non-hydrogen) atoms. The fraction of sp³-hybridized carbons (Fsp3) is 0. The van der Waals surface area contributed by atoms with Gasteiger partial charge < -0.3 is 15.2 Å². The van der Waals surface area contributed by atoms with Crippen molar-refractivity contribution in [3.05, 3.63) is 30.1 Å². The number of carboxylic acid groups (broad SMARTS) is 2. The summed E-state index contributed by atoms with van der Waals surface area (Å²) in [5, 5.41) is 17.0. The minimum absolute atomic E-state index is 0.266.